The SMILES string of the molecule is COC(=O)c1c(OCc2nc(-c3ccco3)oc2C)ccn1Cc1ccccc1. The summed E-state index contributed by atoms with van der Waals surface area (Å²) >= 11 is 0. The standard InChI is InChI=1S/C22H20N2O5/c1-15-17(23-21(29-15)19-9-6-12-27-19)14-28-18-10-11-24(20(18)22(25)26-2)13-16-7-4-3-5-8-16/h3-12H,13-14H2,1-2H3. The van der Waals surface area contributed by atoms with E-state index in [4.69, 9.17) is 18.3 Å². The molecule has 29 heavy (non-hydrogen) atoms. The third-order valence-electron chi connectivity index (χ3n) is 4.49. The molecule has 3 heterocycles. The summed E-state index contributed by atoms with van der Waals surface area (Å²) in [6, 6.07) is 15.1. The Labute approximate surface area is 167 Å². The average molecular weight is 392 g/mol. The molecule has 4 rings (SSSR count). The molecule has 0 aliphatic carbocycles. The van der Waals surface area contributed by atoms with Crippen LogP contribution in [0.15, 0.2) is 69.8 Å². The van der Waals surface area contributed by atoms with Crippen molar-refractivity contribution in [2.75, 3.05) is 7.11 Å². The first-order valence-corrected chi connectivity index (χ1v) is 9.10. The summed E-state index contributed by atoms with van der Waals surface area (Å²) < 4.78 is 23.6. The van der Waals surface area contributed by atoms with Crippen LogP contribution in [-0.2, 0) is 17.9 Å². The van der Waals surface area contributed by atoms with Crippen LogP contribution in [0.25, 0.3) is 11.7 Å². The van der Waals surface area contributed by atoms with E-state index in [1.54, 1.807) is 42.1 Å². The number of hydrogen-bond donors (Lipinski definition) is 0. The molecule has 0 aliphatic heterocycles. The van der Waals surface area contributed by atoms with Gasteiger partial charge in [-0.15, -0.1) is 0 Å². The molecule has 0 saturated carbocycles. The molecular weight excluding hydrogens is 372 g/mol. The summed E-state index contributed by atoms with van der Waals surface area (Å²) in [5.41, 5.74) is 2.04. The largest absolute Gasteiger partial charge is 0.485 e. The molecule has 0 atom stereocenters. The van der Waals surface area contributed by atoms with Crippen molar-refractivity contribution in [3.05, 3.63) is 83.7 Å². The summed E-state index contributed by atoms with van der Waals surface area (Å²) in [5.74, 6) is 1.52. The number of ether oxygens (including phenoxy) is 2. The number of rotatable bonds is 7. The zero-order chi connectivity index (χ0) is 20.2. The van der Waals surface area contributed by atoms with E-state index in [0.29, 0.717) is 41.1 Å². The first-order chi connectivity index (χ1) is 14.2. The van der Waals surface area contributed by atoms with Crippen molar-refractivity contribution in [2.45, 2.75) is 20.1 Å². The summed E-state index contributed by atoms with van der Waals surface area (Å²) in [6.07, 6.45) is 3.36. The summed E-state index contributed by atoms with van der Waals surface area (Å²) in [7, 11) is 1.35. The molecule has 0 fully saturated rings. The van der Waals surface area contributed by atoms with Crippen molar-refractivity contribution in [1.82, 2.24) is 9.55 Å². The highest BCUT2D eigenvalue weighted by Gasteiger charge is 2.21. The van der Waals surface area contributed by atoms with Gasteiger partial charge in [-0.2, -0.15) is 0 Å². The third-order valence-corrected chi connectivity index (χ3v) is 4.49. The highest BCUT2D eigenvalue weighted by atomic mass is 16.5. The van der Waals surface area contributed by atoms with Gasteiger partial charge < -0.3 is 22.9 Å². The molecule has 0 spiro atoms. The minimum atomic E-state index is -0.464. The number of oxazole rings is 1. The van der Waals surface area contributed by atoms with E-state index in [-0.39, 0.29) is 6.61 Å². The van der Waals surface area contributed by atoms with Gasteiger partial charge in [0, 0.05) is 12.7 Å². The van der Waals surface area contributed by atoms with Crippen LogP contribution >= 0.6 is 0 Å². The smallest absolute Gasteiger partial charge is 0.358 e. The Morgan fingerprint density at radius 2 is 1.97 bits per heavy atom. The summed E-state index contributed by atoms with van der Waals surface area (Å²) in [4.78, 5) is 16.8. The number of esters is 1. The predicted molar refractivity (Wildman–Crippen MR) is 105 cm³/mol. The van der Waals surface area contributed by atoms with Crippen LogP contribution in [0.3, 0.4) is 0 Å². The van der Waals surface area contributed by atoms with Gasteiger partial charge in [-0.05, 0) is 30.7 Å². The Morgan fingerprint density at radius 1 is 1.14 bits per heavy atom. The number of methoxy groups -OCH3 is 1. The van der Waals surface area contributed by atoms with Gasteiger partial charge in [0.25, 0.3) is 5.89 Å². The molecule has 3 aromatic heterocycles. The maximum atomic E-state index is 12.4. The average Bonchev–Trinajstić information content (AvgIpc) is 3.47. The second kappa shape index (κ2) is 8.10. The topological polar surface area (TPSA) is 79.6 Å². The quantitative estimate of drug-likeness (QED) is 0.432. The number of carbonyl (C=O) groups is 1. The Kier molecular flexibility index (Phi) is 5.20. The fourth-order valence-corrected chi connectivity index (χ4v) is 3.01. The van der Waals surface area contributed by atoms with Crippen molar-refractivity contribution >= 4 is 5.97 Å². The Balaban J connectivity index is 1.55. The third kappa shape index (κ3) is 3.94. The summed E-state index contributed by atoms with van der Waals surface area (Å²) in [5, 5.41) is 0. The predicted octanol–water partition coefficient (Wildman–Crippen LogP) is 4.46. The minimum Gasteiger partial charge on any atom is -0.485 e. The monoisotopic (exact) mass is 392 g/mol. The second-order valence-corrected chi connectivity index (χ2v) is 6.42. The van der Waals surface area contributed by atoms with Crippen molar-refractivity contribution in [1.29, 1.82) is 0 Å². The Bertz CT molecular complexity index is 1090. The molecule has 0 N–H and O–H groups in total. The van der Waals surface area contributed by atoms with Crippen LogP contribution in [0.4, 0.5) is 0 Å². The number of benzene rings is 1. The molecule has 0 saturated heterocycles. The van der Waals surface area contributed by atoms with Crippen LogP contribution in [0.1, 0.15) is 27.5 Å². The zero-order valence-corrected chi connectivity index (χ0v) is 16.1. The van der Waals surface area contributed by atoms with Gasteiger partial charge in [-0.25, -0.2) is 9.78 Å². The van der Waals surface area contributed by atoms with Gasteiger partial charge in [-0.3, -0.25) is 0 Å². The van der Waals surface area contributed by atoms with Crippen LogP contribution in [0.5, 0.6) is 5.75 Å². The molecule has 0 amide bonds. The van der Waals surface area contributed by atoms with Crippen molar-refractivity contribution in [2.24, 2.45) is 0 Å². The van der Waals surface area contributed by atoms with Gasteiger partial charge in [0.2, 0.25) is 0 Å². The lowest BCUT2D eigenvalue weighted by Crippen LogP contribution is -2.12. The second-order valence-electron chi connectivity index (χ2n) is 6.42. The molecule has 0 radical (unpaired) electrons. The lowest BCUT2D eigenvalue weighted by Gasteiger charge is -2.10. The van der Waals surface area contributed by atoms with Crippen LogP contribution < -0.4 is 4.74 Å². The van der Waals surface area contributed by atoms with Crippen molar-refractivity contribution < 1.29 is 23.1 Å². The van der Waals surface area contributed by atoms with E-state index >= 15 is 0 Å². The fraction of sp³-hybridized carbons (Fsp3) is 0.182. The molecule has 7 heteroatoms. The molecule has 4 aromatic rings. The van der Waals surface area contributed by atoms with E-state index in [2.05, 4.69) is 4.98 Å². The van der Waals surface area contributed by atoms with Gasteiger partial charge >= 0.3 is 5.97 Å². The van der Waals surface area contributed by atoms with Gasteiger partial charge in [0.1, 0.15) is 18.1 Å². The van der Waals surface area contributed by atoms with Gasteiger partial charge in [-0.1, -0.05) is 30.3 Å². The number of carbonyl (C=O) groups excluding carboxylic acids is 1. The molecule has 0 unspecified atom stereocenters. The molecule has 0 aliphatic rings. The number of aromatic nitrogens is 2. The molecule has 1 aromatic carbocycles. The van der Waals surface area contributed by atoms with Crippen molar-refractivity contribution in [3.8, 4) is 17.4 Å². The van der Waals surface area contributed by atoms with Crippen molar-refractivity contribution in [3.63, 3.8) is 0 Å². The lowest BCUT2D eigenvalue weighted by molar-refractivity contribution is 0.0583. The fourth-order valence-electron chi connectivity index (χ4n) is 3.01. The number of aryl methyl sites for hydroxylation is 1. The summed E-state index contributed by atoms with van der Waals surface area (Å²) in [6.45, 7) is 2.48. The van der Waals surface area contributed by atoms with Gasteiger partial charge in [0.05, 0.1) is 13.4 Å². The Morgan fingerprint density at radius 3 is 2.69 bits per heavy atom. The first kappa shape index (κ1) is 18.6. The number of hydrogen-bond acceptors (Lipinski definition) is 6. The molecule has 0 bridgehead atoms. The van der Waals surface area contributed by atoms with E-state index in [1.165, 1.54) is 7.11 Å². The van der Waals surface area contributed by atoms with Crippen LogP contribution in [-0.4, -0.2) is 22.6 Å². The van der Waals surface area contributed by atoms with E-state index in [0.717, 1.165) is 5.56 Å². The normalized spacial score (nSPS) is 10.8. The molecule has 148 valence electrons. The van der Waals surface area contributed by atoms with E-state index in [9.17, 15) is 4.79 Å². The lowest BCUT2D eigenvalue weighted by atomic mass is 10.2. The van der Waals surface area contributed by atoms with E-state index in [1.807, 2.05) is 30.3 Å². The highest BCUT2D eigenvalue weighted by molar-refractivity contribution is 5.90. The highest BCUT2D eigenvalue weighted by Crippen LogP contribution is 2.26. The van der Waals surface area contributed by atoms with E-state index < -0.39 is 5.97 Å². The molecule has 7 nitrogen and oxygen atoms in total. The maximum absolute atomic E-state index is 12.4. The van der Waals surface area contributed by atoms with Crippen LogP contribution in [0, 0.1) is 6.92 Å². The van der Waals surface area contributed by atoms with Crippen LogP contribution in [0.2, 0.25) is 0 Å². The maximum Gasteiger partial charge on any atom is 0.358 e. The first-order valence-electron chi connectivity index (χ1n) is 9.10. The minimum absolute atomic E-state index is 0.148. The van der Waals surface area contributed by atoms with Gasteiger partial charge in [0.15, 0.2) is 17.2 Å². The number of furan rings is 1. The molecular formula is C22H20N2O5. The number of nitrogens with zero attached hydrogens (tertiary/aromatic N) is 2. The Hall–Kier alpha value is -3.74. The zero-order valence-electron chi connectivity index (χ0n) is 16.1.